The van der Waals surface area contributed by atoms with Gasteiger partial charge in [0.25, 0.3) is 5.69 Å². The van der Waals surface area contributed by atoms with Crippen LogP contribution in [0.2, 0.25) is 0 Å². The van der Waals surface area contributed by atoms with E-state index in [1.54, 1.807) is 19.1 Å². The second kappa shape index (κ2) is 9.07. The van der Waals surface area contributed by atoms with E-state index in [4.69, 9.17) is 0 Å². The van der Waals surface area contributed by atoms with Crippen molar-refractivity contribution in [2.45, 2.75) is 19.8 Å². The van der Waals surface area contributed by atoms with Gasteiger partial charge in [-0.05, 0) is 24.6 Å². The van der Waals surface area contributed by atoms with Crippen molar-refractivity contribution < 1.29 is 14.5 Å². The van der Waals surface area contributed by atoms with Gasteiger partial charge in [-0.1, -0.05) is 30.3 Å². The topological polar surface area (TPSA) is 114 Å². The first-order valence-corrected chi connectivity index (χ1v) is 7.84. The quantitative estimate of drug-likeness (QED) is 0.452. The number of benzene rings is 2. The number of amides is 2. The molecule has 0 atom stereocenters. The minimum Gasteiger partial charge on any atom is -0.326 e. The predicted octanol–water partition coefficient (Wildman–Crippen LogP) is 2.66. The molecule has 2 N–H and O–H groups in total. The van der Waals surface area contributed by atoms with Gasteiger partial charge in [-0.25, -0.2) is 5.43 Å². The van der Waals surface area contributed by atoms with Gasteiger partial charge in [0.15, 0.2) is 0 Å². The van der Waals surface area contributed by atoms with E-state index in [9.17, 15) is 19.7 Å². The lowest BCUT2D eigenvalue weighted by Gasteiger charge is -2.05. The van der Waals surface area contributed by atoms with Crippen molar-refractivity contribution in [3.63, 3.8) is 0 Å². The molecule has 0 unspecified atom stereocenters. The Labute approximate surface area is 150 Å². The first-order valence-electron chi connectivity index (χ1n) is 7.84. The molecule has 2 aromatic carbocycles. The van der Waals surface area contributed by atoms with Gasteiger partial charge in [-0.3, -0.25) is 19.7 Å². The van der Waals surface area contributed by atoms with Crippen LogP contribution in [0.15, 0.2) is 59.7 Å². The molecular formula is C18H18N4O4. The number of anilines is 1. The van der Waals surface area contributed by atoms with E-state index in [0.717, 1.165) is 0 Å². The molecule has 134 valence electrons. The molecule has 0 saturated heterocycles. The fourth-order valence-corrected chi connectivity index (χ4v) is 2.12. The molecule has 0 heterocycles. The third-order valence-electron chi connectivity index (χ3n) is 3.36. The zero-order chi connectivity index (χ0) is 18.9. The van der Waals surface area contributed by atoms with Crippen LogP contribution < -0.4 is 10.7 Å². The normalized spacial score (nSPS) is 10.9. The van der Waals surface area contributed by atoms with E-state index >= 15 is 0 Å². The van der Waals surface area contributed by atoms with Crippen molar-refractivity contribution in [2.24, 2.45) is 5.10 Å². The molecule has 0 aliphatic carbocycles. The van der Waals surface area contributed by atoms with Gasteiger partial charge in [0, 0.05) is 23.5 Å². The van der Waals surface area contributed by atoms with Gasteiger partial charge < -0.3 is 5.32 Å². The fraction of sp³-hybridized carbons (Fsp3) is 0.167. The Balaban J connectivity index is 1.80. The maximum Gasteiger partial charge on any atom is 0.269 e. The van der Waals surface area contributed by atoms with Crippen molar-refractivity contribution in [1.29, 1.82) is 0 Å². The second-order valence-corrected chi connectivity index (χ2v) is 5.57. The largest absolute Gasteiger partial charge is 0.326 e. The molecule has 2 aromatic rings. The number of nitro benzene ring substituents is 1. The van der Waals surface area contributed by atoms with Crippen LogP contribution in [0.3, 0.4) is 0 Å². The van der Waals surface area contributed by atoms with Crippen LogP contribution in [0, 0.1) is 10.1 Å². The molecule has 0 fully saturated rings. The number of hydrazone groups is 1. The Morgan fingerprint density at radius 2 is 1.69 bits per heavy atom. The highest BCUT2D eigenvalue weighted by Crippen LogP contribution is 2.12. The number of para-hydroxylation sites is 1. The Hall–Kier alpha value is -3.55. The molecule has 0 aliphatic rings. The SMILES string of the molecule is C/C(CC(=O)Nc1ccccc1)=N\NC(=O)Cc1ccc([N+](=O)[O-])cc1. The number of carbonyl (C=O) groups excluding carboxylic acids is 2. The van der Waals surface area contributed by atoms with Crippen molar-refractivity contribution in [3.05, 3.63) is 70.3 Å². The van der Waals surface area contributed by atoms with Gasteiger partial charge in [0.05, 0.1) is 17.8 Å². The molecule has 0 saturated carbocycles. The van der Waals surface area contributed by atoms with Gasteiger partial charge in [-0.2, -0.15) is 5.10 Å². The maximum absolute atomic E-state index is 11.9. The highest BCUT2D eigenvalue weighted by Gasteiger charge is 2.08. The Kier molecular flexibility index (Phi) is 6.55. The summed E-state index contributed by atoms with van der Waals surface area (Å²) < 4.78 is 0. The van der Waals surface area contributed by atoms with Crippen LogP contribution >= 0.6 is 0 Å². The summed E-state index contributed by atoms with van der Waals surface area (Å²) in [6.07, 6.45) is 0.0810. The summed E-state index contributed by atoms with van der Waals surface area (Å²) in [5, 5.41) is 17.2. The second-order valence-electron chi connectivity index (χ2n) is 5.57. The van der Waals surface area contributed by atoms with E-state index in [0.29, 0.717) is 17.0 Å². The standard InChI is InChI=1S/C18H18N4O4/c1-13(11-17(23)19-15-5-3-2-4-6-15)20-21-18(24)12-14-7-9-16(10-8-14)22(25)26/h2-10H,11-12H2,1H3,(H,19,23)(H,21,24)/b20-13+. The summed E-state index contributed by atoms with van der Waals surface area (Å²) in [6, 6.07) is 14.7. The molecule has 8 nitrogen and oxygen atoms in total. The Bertz CT molecular complexity index is 817. The first kappa shape index (κ1) is 18.8. The van der Waals surface area contributed by atoms with Gasteiger partial charge >= 0.3 is 0 Å². The van der Waals surface area contributed by atoms with Crippen LogP contribution in [-0.2, 0) is 16.0 Å². The lowest BCUT2D eigenvalue weighted by Crippen LogP contribution is -2.22. The number of nitrogens with one attached hydrogen (secondary N) is 2. The molecule has 0 aliphatic heterocycles. The molecule has 26 heavy (non-hydrogen) atoms. The molecule has 8 heteroatoms. The number of carbonyl (C=O) groups is 2. The molecule has 0 aromatic heterocycles. The number of nitrogens with zero attached hydrogens (tertiary/aromatic N) is 2. The van der Waals surface area contributed by atoms with Gasteiger partial charge in [0.1, 0.15) is 0 Å². The van der Waals surface area contributed by atoms with E-state index in [2.05, 4.69) is 15.8 Å². The predicted molar refractivity (Wildman–Crippen MR) is 97.7 cm³/mol. The molecule has 2 amide bonds. The zero-order valence-electron chi connectivity index (χ0n) is 14.1. The highest BCUT2D eigenvalue weighted by molar-refractivity contribution is 6.05. The molecule has 0 radical (unpaired) electrons. The third kappa shape index (κ3) is 6.16. The number of hydrogen-bond acceptors (Lipinski definition) is 5. The average molecular weight is 354 g/mol. The lowest BCUT2D eigenvalue weighted by atomic mass is 10.1. The van der Waals surface area contributed by atoms with E-state index in [-0.39, 0.29) is 30.3 Å². The Morgan fingerprint density at radius 1 is 1.04 bits per heavy atom. The number of nitro groups is 1. The van der Waals surface area contributed by atoms with Crippen LogP contribution in [0.4, 0.5) is 11.4 Å². The summed E-state index contributed by atoms with van der Waals surface area (Å²) in [5.41, 5.74) is 4.11. The number of non-ortho nitro benzene ring substituents is 1. The van der Waals surface area contributed by atoms with Crippen LogP contribution in [0.5, 0.6) is 0 Å². The van der Waals surface area contributed by atoms with E-state index in [1.165, 1.54) is 24.3 Å². The fourth-order valence-electron chi connectivity index (χ4n) is 2.12. The van der Waals surface area contributed by atoms with Gasteiger partial charge in [-0.15, -0.1) is 0 Å². The minimum atomic E-state index is -0.502. The Morgan fingerprint density at radius 3 is 2.31 bits per heavy atom. The average Bonchev–Trinajstić information content (AvgIpc) is 2.61. The zero-order valence-corrected chi connectivity index (χ0v) is 14.1. The summed E-state index contributed by atoms with van der Waals surface area (Å²) in [5.74, 6) is -0.608. The molecule has 2 rings (SSSR count). The lowest BCUT2D eigenvalue weighted by molar-refractivity contribution is -0.384. The van der Waals surface area contributed by atoms with E-state index in [1.807, 2.05) is 18.2 Å². The maximum atomic E-state index is 11.9. The monoisotopic (exact) mass is 354 g/mol. The smallest absolute Gasteiger partial charge is 0.269 e. The highest BCUT2D eigenvalue weighted by atomic mass is 16.6. The minimum absolute atomic E-state index is 0.0327. The van der Waals surface area contributed by atoms with Crippen molar-refractivity contribution in [1.82, 2.24) is 5.43 Å². The molecular weight excluding hydrogens is 336 g/mol. The van der Waals surface area contributed by atoms with Crippen LogP contribution in [-0.4, -0.2) is 22.4 Å². The van der Waals surface area contributed by atoms with Crippen LogP contribution in [0.1, 0.15) is 18.9 Å². The van der Waals surface area contributed by atoms with Crippen molar-refractivity contribution in [3.8, 4) is 0 Å². The van der Waals surface area contributed by atoms with Crippen LogP contribution in [0.25, 0.3) is 0 Å². The summed E-state index contributed by atoms with van der Waals surface area (Å²) >= 11 is 0. The van der Waals surface area contributed by atoms with Crippen molar-refractivity contribution in [2.75, 3.05) is 5.32 Å². The summed E-state index contributed by atoms with van der Waals surface area (Å²) in [4.78, 5) is 33.8. The van der Waals surface area contributed by atoms with Crippen molar-refractivity contribution >= 4 is 28.9 Å². The number of rotatable bonds is 7. The number of hydrogen-bond donors (Lipinski definition) is 2. The van der Waals surface area contributed by atoms with Gasteiger partial charge in [0.2, 0.25) is 11.8 Å². The summed E-state index contributed by atoms with van der Waals surface area (Å²) in [7, 11) is 0. The third-order valence-corrected chi connectivity index (χ3v) is 3.36. The molecule has 0 spiro atoms. The summed E-state index contributed by atoms with van der Waals surface area (Å²) in [6.45, 7) is 1.64. The molecule has 0 bridgehead atoms. The van der Waals surface area contributed by atoms with E-state index < -0.39 is 4.92 Å². The first-order chi connectivity index (χ1) is 12.4.